The minimum Gasteiger partial charge on any atom is -0.507 e. The number of fused-ring (bicyclic) bond motifs is 1. The van der Waals surface area contributed by atoms with Gasteiger partial charge in [0.05, 0.1) is 20.1 Å². The molecule has 1 aromatic carbocycles. The summed E-state index contributed by atoms with van der Waals surface area (Å²) in [5.41, 5.74) is 3.22. The molecule has 0 amide bonds. The second kappa shape index (κ2) is 7.59. The molecule has 1 aliphatic rings. The number of esters is 2. The first-order valence-corrected chi connectivity index (χ1v) is 8.13. The predicted octanol–water partition coefficient (Wildman–Crippen LogP) is 3.07. The maximum atomic E-state index is 11.9. The highest BCUT2D eigenvalue weighted by Crippen LogP contribution is 2.42. The molecule has 0 spiro atoms. The first kappa shape index (κ1) is 18.8. The first-order valence-electron chi connectivity index (χ1n) is 8.13. The zero-order chi connectivity index (χ0) is 18.7. The Hall–Kier alpha value is -2.50. The Kier molecular flexibility index (Phi) is 5.72. The molecule has 0 aromatic heterocycles. The molecule has 6 nitrogen and oxygen atoms in total. The van der Waals surface area contributed by atoms with Crippen LogP contribution in [0.5, 0.6) is 11.5 Å². The summed E-state index contributed by atoms with van der Waals surface area (Å²) in [5.74, 6) is -0.554. The van der Waals surface area contributed by atoms with E-state index in [1.165, 1.54) is 14.2 Å². The Morgan fingerprint density at radius 3 is 2.68 bits per heavy atom. The van der Waals surface area contributed by atoms with Crippen LogP contribution in [0.4, 0.5) is 0 Å². The number of carbonyl (C=O) groups is 2. The molecule has 0 unspecified atom stereocenters. The Morgan fingerprint density at radius 2 is 2.08 bits per heavy atom. The van der Waals surface area contributed by atoms with Crippen LogP contribution in [-0.4, -0.2) is 31.3 Å². The van der Waals surface area contributed by atoms with Gasteiger partial charge in [-0.05, 0) is 32.3 Å². The minimum absolute atomic E-state index is 0.0926. The molecule has 0 aliphatic carbocycles. The van der Waals surface area contributed by atoms with Crippen LogP contribution in [0, 0.1) is 12.8 Å². The average Bonchev–Trinajstić information content (AvgIpc) is 2.98. The van der Waals surface area contributed by atoms with Gasteiger partial charge in [-0.15, -0.1) is 0 Å². The number of hydrogen-bond acceptors (Lipinski definition) is 6. The lowest BCUT2D eigenvalue weighted by Gasteiger charge is -2.16. The van der Waals surface area contributed by atoms with E-state index in [0.29, 0.717) is 29.7 Å². The Morgan fingerprint density at radius 1 is 1.40 bits per heavy atom. The number of methoxy groups -OCH3 is 2. The van der Waals surface area contributed by atoms with Crippen molar-refractivity contribution in [3.05, 3.63) is 33.9 Å². The molecule has 1 heterocycles. The number of phenolic OH excluding ortho intramolecular Hbond substituents is 1. The van der Waals surface area contributed by atoms with Gasteiger partial charge >= 0.3 is 11.9 Å². The van der Waals surface area contributed by atoms with Crippen molar-refractivity contribution in [1.29, 1.82) is 0 Å². The van der Waals surface area contributed by atoms with Gasteiger partial charge in [-0.2, -0.15) is 0 Å². The van der Waals surface area contributed by atoms with Crippen molar-refractivity contribution in [3.63, 3.8) is 0 Å². The third-order valence-corrected chi connectivity index (χ3v) is 4.53. The van der Waals surface area contributed by atoms with E-state index in [4.69, 9.17) is 14.2 Å². The highest BCUT2D eigenvalue weighted by atomic mass is 16.5. The van der Waals surface area contributed by atoms with Crippen LogP contribution >= 0.6 is 0 Å². The molecule has 1 aromatic rings. The lowest BCUT2D eigenvalue weighted by Crippen LogP contribution is -2.12. The minimum atomic E-state index is -0.514. The number of cyclic esters (lactones) is 1. The second-order valence-electron chi connectivity index (χ2n) is 6.30. The van der Waals surface area contributed by atoms with E-state index in [9.17, 15) is 14.7 Å². The number of rotatable bonds is 6. The molecule has 1 atom stereocenters. The maximum absolute atomic E-state index is 11.9. The largest absolute Gasteiger partial charge is 0.507 e. The lowest BCUT2D eigenvalue weighted by atomic mass is 9.94. The second-order valence-corrected chi connectivity index (χ2v) is 6.30. The summed E-state index contributed by atoms with van der Waals surface area (Å²) in [6.45, 7) is 5.71. The summed E-state index contributed by atoms with van der Waals surface area (Å²) in [6.07, 6.45) is 2.86. The fourth-order valence-corrected chi connectivity index (χ4v) is 3.16. The van der Waals surface area contributed by atoms with E-state index in [1.54, 1.807) is 6.92 Å². The van der Waals surface area contributed by atoms with Crippen molar-refractivity contribution in [1.82, 2.24) is 0 Å². The van der Waals surface area contributed by atoms with Gasteiger partial charge in [0, 0.05) is 11.1 Å². The number of benzene rings is 1. The zero-order valence-corrected chi connectivity index (χ0v) is 15.3. The van der Waals surface area contributed by atoms with E-state index in [0.717, 1.165) is 11.1 Å². The molecular formula is C19H24O6. The molecule has 2 rings (SSSR count). The summed E-state index contributed by atoms with van der Waals surface area (Å²) >= 11 is 0. The maximum Gasteiger partial charge on any atom is 0.342 e. The van der Waals surface area contributed by atoms with Gasteiger partial charge in [-0.25, -0.2) is 4.79 Å². The lowest BCUT2D eigenvalue weighted by molar-refractivity contribution is -0.144. The van der Waals surface area contributed by atoms with Crippen LogP contribution in [-0.2, 0) is 27.3 Å². The Bertz CT molecular complexity index is 732. The molecule has 0 saturated heterocycles. The monoisotopic (exact) mass is 348 g/mol. The van der Waals surface area contributed by atoms with Crippen molar-refractivity contribution in [2.45, 2.75) is 40.2 Å². The summed E-state index contributed by atoms with van der Waals surface area (Å²) in [6, 6.07) is 0. The SMILES string of the molecule is COC(=O)[C@H](C)C/C(C)=C/Cc1c(O)c2c(c(C)c1OC)COC2=O. The number of ether oxygens (including phenoxy) is 3. The van der Waals surface area contributed by atoms with Crippen LogP contribution in [0.25, 0.3) is 0 Å². The normalized spacial score (nSPS) is 14.8. The molecule has 0 radical (unpaired) electrons. The number of phenols is 1. The van der Waals surface area contributed by atoms with E-state index < -0.39 is 5.97 Å². The van der Waals surface area contributed by atoms with Gasteiger partial charge in [0.1, 0.15) is 23.7 Å². The molecule has 25 heavy (non-hydrogen) atoms. The fraction of sp³-hybridized carbons (Fsp3) is 0.474. The van der Waals surface area contributed by atoms with Crippen LogP contribution in [0.15, 0.2) is 11.6 Å². The van der Waals surface area contributed by atoms with E-state index in [1.807, 2.05) is 19.9 Å². The highest BCUT2D eigenvalue weighted by Gasteiger charge is 2.31. The summed E-state index contributed by atoms with van der Waals surface area (Å²) in [5, 5.41) is 10.6. The molecule has 0 fully saturated rings. The zero-order valence-electron chi connectivity index (χ0n) is 15.3. The van der Waals surface area contributed by atoms with Gasteiger partial charge in [0.15, 0.2) is 0 Å². The van der Waals surface area contributed by atoms with Crippen LogP contribution in [0.2, 0.25) is 0 Å². The van der Waals surface area contributed by atoms with Crippen molar-refractivity contribution >= 4 is 11.9 Å². The Labute approximate surface area is 147 Å². The fourth-order valence-electron chi connectivity index (χ4n) is 3.16. The highest BCUT2D eigenvalue weighted by molar-refractivity contribution is 5.98. The van der Waals surface area contributed by atoms with Gasteiger partial charge in [0.2, 0.25) is 0 Å². The third-order valence-electron chi connectivity index (χ3n) is 4.53. The van der Waals surface area contributed by atoms with E-state index in [2.05, 4.69) is 0 Å². The molecule has 0 bridgehead atoms. The van der Waals surface area contributed by atoms with Gasteiger partial charge in [0.25, 0.3) is 0 Å². The molecule has 136 valence electrons. The predicted molar refractivity (Wildman–Crippen MR) is 91.8 cm³/mol. The van der Waals surface area contributed by atoms with Crippen LogP contribution < -0.4 is 4.74 Å². The number of aromatic hydroxyl groups is 1. The molecule has 0 saturated carbocycles. The average molecular weight is 348 g/mol. The smallest absolute Gasteiger partial charge is 0.342 e. The number of allylic oxidation sites excluding steroid dienone is 2. The first-order chi connectivity index (χ1) is 11.8. The molecule has 6 heteroatoms. The van der Waals surface area contributed by atoms with Gasteiger partial charge < -0.3 is 19.3 Å². The van der Waals surface area contributed by atoms with Crippen LogP contribution in [0.3, 0.4) is 0 Å². The molecular weight excluding hydrogens is 324 g/mol. The summed E-state index contributed by atoms with van der Waals surface area (Å²) in [4.78, 5) is 23.4. The van der Waals surface area contributed by atoms with Gasteiger partial charge in [-0.3, -0.25) is 4.79 Å². The summed E-state index contributed by atoms with van der Waals surface area (Å²) in [7, 11) is 2.90. The molecule has 1 N–H and O–H groups in total. The van der Waals surface area contributed by atoms with E-state index >= 15 is 0 Å². The number of carbonyl (C=O) groups excluding carboxylic acids is 2. The number of hydrogen-bond donors (Lipinski definition) is 1. The van der Waals surface area contributed by atoms with Crippen molar-refractivity contribution in [2.75, 3.05) is 14.2 Å². The standard InChI is InChI=1S/C19H24O6/c1-10(8-11(2)18(21)24-5)6-7-13-16(20)15-14(9-25-19(15)22)12(3)17(13)23-4/h6,11,20H,7-9H2,1-5H3/b10-6+/t11-/m1/s1. The van der Waals surface area contributed by atoms with Crippen LogP contribution in [0.1, 0.15) is 47.3 Å². The topological polar surface area (TPSA) is 82.1 Å². The van der Waals surface area contributed by atoms with Gasteiger partial charge in [-0.1, -0.05) is 18.6 Å². The molecule has 1 aliphatic heterocycles. The quantitative estimate of drug-likeness (QED) is 0.628. The van der Waals surface area contributed by atoms with Crippen molar-refractivity contribution in [3.8, 4) is 11.5 Å². The van der Waals surface area contributed by atoms with Crippen molar-refractivity contribution in [2.24, 2.45) is 5.92 Å². The Balaban J connectivity index is 2.32. The third kappa shape index (κ3) is 3.62. The summed E-state index contributed by atoms with van der Waals surface area (Å²) < 4.78 is 15.2. The van der Waals surface area contributed by atoms with E-state index in [-0.39, 0.29) is 29.8 Å². The van der Waals surface area contributed by atoms with Crippen molar-refractivity contribution < 1.29 is 28.9 Å².